The van der Waals surface area contributed by atoms with Gasteiger partial charge >= 0.3 is 118 Å². The van der Waals surface area contributed by atoms with Crippen molar-refractivity contribution in [3.8, 4) is 0 Å². The van der Waals surface area contributed by atoms with Gasteiger partial charge in [0.05, 0.1) is 0 Å². The number of rotatable bonds is 3. The van der Waals surface area contributed by atoms with Crippen LogP contribution in [0, 0.1) is 17.4 Å². The molecule has 0 saturated carbocycles. The van der Waals surface area contributed by atoms with Crippen LogP contribution in [0.25, 0.3) is 0 Å². The van der Waals surface area contributed by atoms with Gasteiger partial charge in [-0.1, -0.05) is 0 Å². The first-order chi connectivity index (χ1) is 8.65. The summed E-state index contributed by atoms with van der Waals surface area (Å²) in [5.41, 5.74) is 9.76. The normalized spacial score (nSPS) is 11.2. The topological polar surface area (TPSA) is 50.7 Å². The Hall–Kier alpha value is -1.43. The van der Waals surface area contributed by atoms with E-state index in [0.29, 0.717) is 0 Å². The van der Waals surface area contributed by atoms with Gasteiger partial charge in [-0.25, -0.2) is 0 Å². The van der Waals surface area contributed by atoms with E-state index in [9.17, 15) is 0 Å². The van der Waals surface area contributed by atoms with Crippen LogP contribution in [-0.2, 0) is 0 Å². The van der Waals surface area contributed by atoms with E-state index in [1.54, 1.807) is 0 Å². The average molecular weight is 352 g/mol. The molecule has 18 heavy (non-hydrogen) atoms. The Morgan fingerprint density at radius 1 is 1.00 bits per heavy atom. The minimum absolute atomic E-state index is 0.432. The van der Waals surface area contributed by atoms with Gasteiger partial charge in [-0.15, -0.1) is 0 Å². The van der Waals surface area contributed by atoms with Crippen LogP contribution in [0.3, 0.4) is 0 Å². The van der Waals surface area contributed by atoms with Gasteiger partial charge < -0.3 is 0 Å². The molecule has 4 heteroatoms. The van der Waals surface area contributed by atoms with Gasteiger partial charge in [0.25, 0.3) is 0 Å². The van der Waals surface area contributed by atoms with E-state index in [4.69, 9.17) is 5.73 Å². The molecule has 0 atom stereocenters. The molecule has 0 amide bonds. The van der Waals surface area contributed by atoms with Crippen LogP contribution < -0.4 is 27.2 Å². The second-order valence-corrected chi connectivity index (χ2v) is 6.26. The van der Waals surface area contributed by atoms with Gasteiger partial charge in [-0.2, -0.15) is 0 Å². The molecule has 2 aromatic carbocycles. The van der Waals surface area contributed by atoms with Crippen molar-refractivity contribution in [3.05, 3.63) is 57.2 Å². The summed E-state index contributed by atoms with van der Waals surface area (Å²) >= 11 is -0.432. The zero-order valence-electron chi connectivity index (χ0n) is 10.4. The molecule has 0 saturated heterocycles. The van der Waals surface area contributed by atoms with Gasteiger partial charge in [0.2, 0.25) is 0 Å². The molecule has 0 aliphatic heterocycles. The Kier molecular flexibility index (Phi) is 4.30. The molecule has 0 aliphatic carbocycles. The predicted molar refractivity (Wildman–Crippen MR) is 70.0 cm³/mol. The van der Waals surface area contributed by atoms with Crippen molar-refractivity contribution in [2.75, 3.05) is 5.73 Å². The van der Waals surface area contributed by atoms with E-state index in [1.165, 1.54) is 9.13 Å². The summed E-state index contributed by atoms with van der Waals surface area (Å²) in [6.45, 7) is 4.11. The summed E-state index contributed by atoms with van der Waals surface area (Å²) in [5.74, 6) is 0. The fourth-order valence-electron chi connectivity index (χ4n) is 1.45. The third-order valence-electron chi connectivity index (χ3n) is 2.52. The van der Waals surface area contributed by atoms with Crippen LogP contribution in [0.1, 0.15) is 11.1 Å². The van der Waals surface area contributed by atoms with Crippen LogP contribution in [0.5, 0.6) is 0 Å². The third-order valence-corrected chi connectivity index (χ3v) is 4.22. The average Bonchev–Trinajstić information content (AvgIpc) is 2.36. The molecule has 0 aliphatic rings. The number of benzene rings is 2. The van der Waals surface area contributed by atoms with E-state index in [2.05, 4.69) is 40.5 Å². The maximum atomic E-state index is 5.64. The molecular weight excluding hydrogens is 337 g/mol. The van der Waals surface area contributed by atoms with E-state index >= 15 is 0 Å². The quantitative estimate of drug-likeness (QED) is 0.497. The Balaban J connectivity index is 2.07. The molecule has 0 spiro atoms. The summed E-state index contributed by atoms with van der Waals surface area (Å²) in [5, 5.41) is 4.33. The van der Waals surface area contributed by atoms with Crippen molar-refractivity contribution in [2.45, 2.75) is 13.8 Å². The summed E-state index contributed by atoms with van der Waals surface area (Å²) in [4.78, 5) is 0. The fourth-order valence-corrected chi connectivity index (χ4v) is 2.72. The Morgan fingerprint density at radius 2 is 1.72 bits per heavy atom. The van der Waals surface area contributed by atoms with Gasteiger partial charge in [0, 0.05) is 0 Å². The SMILES string of the molecule is Cc1ccc(C)c(N=N[I-]c2ccc(N)cc2)c1. The first-order valence-corrected chi connectivity index (χ1v) is 7.67. The Morgan fingerprint density at radius 3 is 2.44 bits per heavy atom. The molecule has 0 aromatic heterocycles. The van der Waals surface area contributed by atoms with Gasteiger partial charge in [-0.05, 0) is 0 Å². The van der Waals surface area contributed by atoms with E-state index in [0.717, 1.165) is 16.9 Å². The first kappa shape index (κ1) is 13.0. The number of hydrogen-bond donors (Lipinski definition) is 1. The molecule has 3 nitrogen and oxygen atoms in total. The molecule has 0 radical (unpaired) electrons. The predicted octanol–water partition coefficient (Wildman–Crippen LogP) is 0.843. The number of nitrogen functional groups attached to an aromatic ring is 1. The second-order valence-electron chi connectivity index (χ2n) is 4.10. The summed E-state index contributed by atoms with van der Waals surface area (Å²) in [7, 11) is 0. The van der Waals surface area contributed by atoms with E-state index < -0.39 is 21.5 Å². The number of hydrogen-bond acceptors (Lipinski definition) is 3. The Bertz CT molecular complexity index is 562. The molecule has 0 heterocycles. The van der Waals surface area contributed by atoms with Crippen molar-refractivity contribution in [1.29, 1.82) is 0 Å². The number of nitrogens with two attached hydrogens (primary N) is 1. The molecule has 94 valence electrons. The summed E-state index contributed by atoms with van der Waals surface area (Å²) in [6.07, 6.45) is 0. The zero-order valence-corrected chi connectivity index (χ0v) is 12.5. The molecule has 2 aromatic rings. The molecule has 2 N–H and O–H groups in total. The van der Waals surface area contributed by atoms with Gasteiger partial charge in [-0.3, -0.25) is 0 Å². The van der Waals surface area contributed by atoms with Crippen LogP contribution in [0.4, 0.5) is 11.4 Å². The maximum absolute atomic E-state index is 5.64. The van der Waals surface area contributed by atoms with Gasteiger partial charge in [0.15, 0.2) is 0 Å². The standard InChI is InChI=1S/C14H15IN3/c1-10-3-4-11(2)14(9-10)17-18-15-12-5-7-13(16)8-6-12/h3-9H,16H2,1-2H3/q-1. The van der Waals surface area contributed by atoms with Crippen molar-refractivity contribution in [2.24, 2.45) is 8.44 Å². The van der Waals surface area contributed by atoms with Crippen molar-refractivity contribution >= 4 is 11.4 Å². The van der Waals surface area contributed by atoms with Gasteiger partial charge in [0.1, 0.15) is 0 Å². The zero-order chi connectivity index (χ0) is 13.0. The van der Waals surface area contributed by atoms with E-state index in [1.807, 2.05) is 24.3 Å². The second kappa shape index (κ2) is 5.95. The molecule has 0 unspecified atom stereocenters. The van der Waals surface area contributed by atoms with Crippen LogP contribution in [0.15, 0.2) is 50.9 Å². The number of nitrogens with zero attached hydrogens (tertiary/aromatic N) is 2. The fraction of sp³-hybridized carbons (Fsp3) is 0.143. The van der Waals surface area contributed by atoms with Crippen molar-refractivity contribution < 1.29 is 21.5 Å². The summed E-state index contributed by atoms with van der Waals surface area (Å²) < 4.78 is 5.56. The summed E-state index contributed by atoms with van der Waals surface area (Å²) in [6, 6.07) is 14.1. The number of anilines is 1. The van der Waals surface area contributed by atoms with Crippen LogP contribution >= 0.6 is 0 Å². The van der Waals surface area contributed by atoms with Crippen molar-refractivity contribution in [1.82, 2.24) is 0 Å². The Labute approximate surface area is 118 Å². The minimum atomic E-state index is -0.432. The van der Waals surface area contributed by atoms with Crippen molar-refractivity contribution in [3.63, 3.8) is 0 Å². The third kappa shape index (κ3) is 3.53. The number of halogens is 1. The monoisotopic (exact) mass is 352 g/mol. The molecular formula is C14H15IN3-. The van der Waals surface area contributed by atoms with Crippen LogP contribution in [0.2, 0.25) is 0 Å². The van der Waals surface area contributed by atoms with Crippen LogP contribution in [-0.4, -0.2) is 0 Å². The molecule has 2 rings (SSSR count). The number of aryl methyl sites for hydroxylation is 2. The molecule has 0 bridgehead atoms. The first-order valence-electron chi connectivity index (χ1n) is 5.63. The molecule has 0 fully saturated rings. The van der Waals surface area contributed by atoms with E-state index in [-0.39, 0.29) is 0 Å².